The van der Waals surface area contributed by atoms with Crippen LogP contribution in [0.4, 0.5) is 0 Å². The lowest BCUT2D eigenvalue weighted by Crippen LogP contribution is -2.17. The standard InChI is InChI=1S/C23H20O3/c1-26-20-14-8-13-19(15-20)23(25)21(17-9-4-2-5-10-17)16-22(24)18-11-6-3-7-12-18/h2-15,21H,16H2,1H3. The maximum absolute atomic E-state index is 13.2. The van der Waals surface area contributed by atoms with Crippen LogP contribution >= 0.6 is 0 Å². The zero-order valence-corrected chi connectivity index (χ0v) is 14.6. The molecule has 0 spiro atoms. The Labute approximate surface area is 153 Å². The molecule has 0 radical (unpaired) electrons. The van der Waals surface area contributed by atoms with Crippen LogP contribution in [0.25, 0.3) is 0 Å². The highest BCUT2D eigenvalue weighted by molar-refractivity contribution is 6.06. The van der Waals surface area contributed by atoms with E-state index in [1.165, 1.54) is 0 Å². The van der Waals surface area contributed by atoms with E-state index in [2.05, 4.69) is 0 Å². The van der Waals surface area contributed by atoms with Crippen molar-refractivity contribution in [3.8, 4) is 5.75 Å². The van der Waals surface area contributed by atoms with Crippen molar-refractivity contribution >= 4 is 11.6 Å². The number of hydrogen-bond acceptors (Lipinski definition) is 3. The van der Waals surface area contributed by atoms with Crippen LogP contribution in [-0.4, -0.2) is 18.7 Å². The van der Waals surface area contributed by atoms with E-state index in [9.17, 15) is 9.59 Å². The van der Waals surface area contributed by atoms with Crippen LogP contribution in [0.15, 0.2) is 84.9 Å². The average molecular weight is 344 g/mol. The number of ether oxygens (including phenoxy) is 1. The second kappa shape index (κ2) is 8.26. The van der Waals surface area contributed by atoms with Crippen molar-refractivity contribution in [3.05, 3.63) is 102 Å². The first kappa shape index (κ1) is 17.6. The van der Waals surface area contributed by atoms with E-state index in [4.69, 9.17) is 4.74 Å². The quantitative estimate of drug-likeness (QED) is 0.571. The van der Waals surface area contributed by atoms with Crippen molar-refractivity contribution in [2.45, 2.75) is 12.3 Å². The van der Waals surface area contributed by atoms with E-state index in [1.54, 1.807) is 43.5 Å². The molecule has 0 heterocycles. The summed E-state index contributed by atoms with van der Waals surface area (Å²) in [5, 5.41) is 0. The minimum absolute atomic E-state index is 0.0456. The van der Waals surface area contributed by atoms with Crippen molar-refractivity contribution in [3.63, 3.8) is 0 Å². The van der Waals surface area contributed by atoms with Crippen molar-refractivity contribution < 1.29 is 14.3 Å². The van der Waals surface area contributed by atoms with Crippen LogP contribution in [0.5, 0.6) is 5.75 Å². The van der Waals surface area contributed by atoms with Gasteiger partial charge in [0.05, 0.1) is 13.0 Å². The molecule has 3 aromatic carbocycles. The Hall–Kier alpha value is -3.20. The summed E-state index contributed by atoms with van der Waals surface area (Å²) >= 11 is 0. The highest BCUT2D eigenvalue weighted by Crippen LogP contribution is 2.27. The third kappa shape index (κ3) is 4.06. The van der Waals surface area contributed by atoms with Crippen molar-refractivity contribution in [2.75, 3.05) is 7.11 Å². The van der Waals surface area contributed by atoms with E-state index in [0.717, 1.165) is 5.56 Å². The number of hydrogen-bond donors (Lipinski definition) is 0. The number of carbonyl (C=O) groups is 2. The molecule has 3 aromatic rings. The van der Waals surface area contributed by atoms with Crippen molar-refractivity contribution in [2.24, 2.45) is 0 Å². The van der Waals surface area contributed by atoms with Gasteiger partial charge in [0.25, 0.3) is 0 Å². The first-order valence-corrected chi connectivity index (χ1v) is 8.50. The van der Waals surface area contributed by atoms with Gasteiger partial charge >= 0.3 is 0 Å². The SMILES string of the molecule is COc1cccc(C(=O)C(CC(=O)c2ccccc2)c2ccccc2)c1. The average Bonchev–Trinajstić information content (AvgIpc) is 2.72. The predicted molar refractivity (Wildman–Crippen MR) is 102 cm³/mol. The van der Waals surface area contributed by atoms with Crippen LogP contribution in [0.1, 0.15) is 38.6 Å². The second-order valence-electron chi connectivity index (χ2n) is 6.05. The molecular formula is C23H20O3. The fourth-order valence-electron chi connectivity index (χ4n) is 2.95. The molecule has 0 saturated carbocycles. The highest BCUT2D eigenvalue weighted by atomic mass is 16.5. The summed E-state index contributed by atoms with van der Waals surface area (Å²) in [5.41, 5.74) is 2.00. The molecule has 0 aliphatic rings. The maximum Gasteiger partial charge on any atom is 0.170 e. The highest BCUT2D eigenvalue weighted by Gasteiger charge is 2.25. The lowest BCUT2D eigenvalue weighted by atomic mass is 9.85. The fraction of sp³-hybridized carbons (Fsp3) is 0.130. The van der Waals surface area contributed by atoms with Gasteiger partial charge in [-0.15, -0.1) is 0 Å². The van der Waals surface area contributed by atoms with Gasteiger partial charge in [-0.2, -0.15) is 0 Å². The molecule has 3 rings (SSSR count). The first-order chi connectivity index (χ1) is 12.7. The molecule has 26 heavy (non-hydrogen) atoms. The Kier molecular flexibility index (Phi) is 5.59. The zero-order valence-electron chi connectivity index (χ0n) is 14.6. The molecule has 0 bridgehead atoms. The summed E-state index contributed by atoms with van der Waals surface area (Å²) in [6.45, 7) is 0. The first-order valence-electron chi connectivity index (χ1n) is 8.50. The molecule has 0 aliphatic carbocycles. The Morgan fingerprint density at radius 3 is 2.08 bits per heavy atom. The molecule has 3 heteroatoms. The smallest absolute Gasteiger partial charge is 0.170 e. The van der Waals surface area contributed by atoms with Gasteiger partial charge in [0.2, 0.25) is 0 Å². The summed E-state index contributed by atoms with van der Waals surface area (Å²) in [4.78, 5) is 25.9. The van der Waals surface area contributed by atoms with Gasteiger partial charge in [0, 0.05) is 17.5 Å². The molecule has 0 aromatic heterocycles. The van der Waals surface area contributed by atoms with Gasteiger partial charge in [0.1, 0.15) is 5.75 Å². The van der Waals surface area contributed by atoms with Crippen molar-refractivity contribution in [1.82, 2.24) is 0 Å². The summed E-state index contributed by atoms with van der Waals surface area (Å²) in [5.74, 6) is -0.0388. The van der Waals surface area contributed by atoms with Crippen LogP contribution in [-0.2, 0) is 0 Å². The van der Waals surface area contributed by atoms with Gasteiger partial charge in [-0.05, 0) is 17.7 Å². The molecule has 0 amide bonds. The molecule has 0 saturated heterocycles. The van der Waals surface area contributed by atoms with Crippen molar-refractivity contribution in [1.29, 1.82) is 0 Å². The second-order valence-corrected chi connectivity index (χ2v) is 6.05. The lowest BCUT2D eigenvalue weighted by molar-refractivity contribution is 0.0893. The van der Waals surface area contributed by atoms with Gasteiger partial charge in [-0.3, -0.25) is 9.59 Å². The Morgan fingerprint density at radius 2 is 1.42 bits per heavy atom. The number of ketones is 2. The molecule has 1 atom stereocenters. The summed E-state index contributed by atoms with van der Waals surface area (Å²) in [6.07, 6.45) is 0.129. The van der Waals surface area contributed by atoms with Gasteiger partial charge in [0.15, 0.2) is 11.6 Å². The summed E-state index contributed by atoms with van der Waals surface area (Å²) < 4.78 is 5.22. The van der Waals surface area contributed by atoms with E-state index < -0.39 is 5.92 Å². The molecule has 0 fully saturated rings. The number of methoxy groups -OCH3 is 1. The van der Waals surface area contributed by atoms with Crippen LogP contribution in [0.2, 0.25) is 0 Å². The molecular weight excluding hydrogens is 324 g/mol. The predicted octanol–water partition coefficient (Wildman–Crippen LogP) is 4.93. The maximum atomic E-state index is 13.2. The van der Waals surface area contributed by atoms with Crippen LogP contribution in [0, 0.1) is 0 Å². The van der Waals surface area contributed by atoms with E-state index in [1.807, 2.05) is 48.5 Å². The third-order valence-corrected chi connectivity index (χ3v) is 4.36. The van der Waals surface area contributed by atoms with Gasteiger partial charge in [-0.25, -0.2) is 0 Å². The Bertz CT molecular complexity index is 886. The minimum atomic E-state index is -0.531. The van der Waals surface area contributed by atoms with E-state index in [0.29, 0.717) is 16.9 Å². The Balaban J connectivity index is 1.93. The normalized spacial score (nSPS) is 11.6. The third-order valence-electron chi connectivity index (χ3n) is 4.36. The molecule has 130 valence electrons. The molecule has 0 N–H and O–H groups in total. The fourth-order valence-corrected chi connectivity index (χ4v) is 2.95. The molecule has 1 unspecified atom stereocenters. The summed E-state index contributed by atoms with van der Waals surface area (Å²) in [6, 6.07) is 25.6. The lowest BCUT2D eigenvalue weighted by Gasteiger charge is -2.16. The summed E-state index contributed by atoms with van der Waals surface area (Å²) in [7, 11) is 1.57. The Morgan fingerprint density at radius 1 is 0.808 bits per heavy atom. The van der Waals surface area contributed by atoms with E-state index >= 15 is 0 Å². The number of Topliss-reactive ketones (excluding diaryl/α,β-unsaturated/α-hetero) is 2. The van der Waals surface area contributed by atoms with Gasteiger partial charge in [-0.1, -0.05) is 72.8 Å². The molecule has 0 aliphatic heterocycles. The number of benzene rings is 3. The monoisotopic (exact) mass is 344 g/mol. The largest absolute Gasteiger partial charge is 0.497 e. The topological polar surface area (TPSA) is 43.4 Å². The number of carbonyl (C=O) groups excluding carboxylic acids is 2. The van der Waals surface area contributed by atoms with Gasteiger partial charge < -0.3 is 4.74 Å². The minimum Gasteiger partial charge on any atom is -0.497 e. The van der Waals surface area contributed by atoms with E-state index in [-0.39, 0.29) is 18.0 Å². The zero-order chi connectivity index (χ0) is 18.4. The van der Waals surface area contributed by atoms with Crippen LogP contribution < -0.4 is 4.74 Å². The molecule has 3 nitrogen and oxygen atoms in total. The number of rotatable bonds is 7. The van der Waals surface area contributed by atoms with Crippen LogP contribution in [0.3, 0.4) is 0 Å².